The van der Waals surface area contributed by atoms with Crippen molar-refractivity contribution in [2.24, 2.45) is 0 Å². The van der Waals surface area contributed by atoms with Gasteiger partial charge in [-0.1, -0.05) is 233 Å². The van der Waals surface area contributed by atoms with Gasteiger partial charge in [-0.2, -0.15) is 0 Å². The fraction of sp³-hybridized carbons (Fsp3) is 0.113. The van der Waals surface area contributed by atoms with Crippen molar-refractivity contribution < 1.29 is 4.74 Å². The normalized spacial score (nSPS) is 19.6. The molecule has 1 aliphatic heterocycles. The summed E-state index contributed by atoms with van der Waals surface area (Å²) in [7, 11) is 0. The second kappa shape index (κ2) is 18.4. The maximum Gasteiger partial charge on any atom is 0.137 e. The summed E-state index contributed by atoms with van der Waals surface area (Å²) < 4.78 is 9.42. The van der Waals surface area contributed by atoms with Gasteiger partial charge in [0.1, 0.15) is 22.9 Å². The molecular formula is C80H60N4O. The third-order valence-corrected chi connectivity index (χ3v) is 19.4. The van der Waals surface area contributed by atoms with Crippen LogP contribution < -0.4 is 14.5 Å². The third kappa shape index (κ3) is 6.72. The molecular weight excluding hydrogens is 1030 g/mol. The lowest BCUT2D eigenvalue weighted by atomic mass is 9.37. The van der Waals surface area contributed by atoms with Crippen LogP contribution in [0.1, 0.15) is 87.9 Å². The quantitative estimate of drug-likeness (QED) is 0.152. The first kappa shape index (κ1) is 49.4. The SMILES string of the molecule is CC(C)(C)c1ccnc(-n2c3ccc(-c4ccccc4)cc3c3ccc(Oc4cccc(N5CN(C67c8ccccc8C(c8ccccc86)C6(c8ccccc8)c8ccccc8C7(c7ccccc7)c7ccccc76)c6ccccc65)c4)cc32)c1. The largest absolute Gasteiger partial charge is 0.457 e. The lowest BCUT2D eigenvalue weighted by molar-refractivity contribution is 0.282. The summed E-state index contributed by atoms with van der Waals surface area (Å²) in [4.78, 5) is 10.3. The van der Waals surface area contributed by atoms with Gasteiger partial charge in [0.25, 0.3) is 0 Å². The van der Waals surface area contributed by atoms with Crippen LogP contribution in [0.4, 0.5) is 17.1 Å². The third-order valence-electron chi connectivity index (χ3n) is 19.4. The predicted molar refractivity (Wildman–Crippen MR) is 346 cm³/mol. The molecule has 11 aromatic carbocycles. The number of hydrogen-bond donors (Lipinski definition) is 0. The minimum atomic E-state index is -0.858. The maximum atomic E-state index is 7.11. The molecule has 4 bridgehead atoms. The van der Waals surface area contributed by atoms with Crippen molar-refractivity contribution in [3.05, 3.63) is 353 Å². The zero-order valence-electron chi connectivity index (χ0n) is 47.7. The van der Waals surface area contributed by atoms with Crippen molar-refractivity contribution in [1.82, 2.24) is 9.55 Å². The first-order valence-electron chi connectivity index (χ1n) is 29.8. The van der Waals surface area contributed by atoms with Crippen LogP contribution in [0.5, 0.6) is 11.5 Å². The van der Waals surface area contributed by atoms with Gasteiger partial charge in [0.2, 0.25) is 0 Å². The molecule has 0 fully saturated rings. The Hall–Kier alpha value is -10.2. The van der Waals surface area contributed by atoms with E-state index >= 15 is 0 Å². The van der Waals surface area contributed by atoms with Gasteiger partial charge in [-0.05, 0) is 138 Å². The van der Waals surface area contributed by atoms with Crippen molar-refractivity contribution in [3.8, 4) is 28.4 Å². The van der Waals surface area contributed by atoms with E-state index in [4.69, 9.17) is 9.72 Å². The molecule has 3 heterocycles. The van der Waals surface area contributed by atoms with Crippen LogP contribution in [0.25, 0.3) is 38.8 Å². The summed E-state index contributed by atoms with van der Waals surface area (Å²) in [5.41, 5.74) is 20.0. The Kier molecular flexibility index (Phi) is 10.7. The number of nitrogens with zero attached hydrogens (tertiary/aromatic N) is 4. The Labute approximate surface area is 496 Å². The molecule has 7 aliphatic rings. The molecule has 2 aromatic heterocycles. The fourth-order valence-corrected chi connectivity index (χ4v) is 16.2. The zero-order chi connectivity index (χ0) is 56.7. The van der Waals surface area contributed by atoms with Crippen molar-refractivity contribution >= 4 is 38.9 Å². The minimum Gasteiger partial charge on any atom is -0.457 e. The second-order valence-corrected chi connectivity index (χ2v) is 24.5. The van der Waals surface area contributed by atoms with E-state index < -0.39 is 16.4 Å². The van der Waals surface area contributed by atoms with Crippen molar-refractivity contribution in [3.63, 3.8) is 0 Å². The molecule has 0 radical (unpaired) electrons. The Bertz CT molecular complexity index is 4710. The van der Waals surface area contributed by atoms with E-state index in [1.54, 1.807) is 0 Å². The average molecular weight is 1090 g/mol. The van der Waals surface area contributed by atoms with Gasteiger partial charge in [0, 0.05) is 40.7 Å². The molecule has 13 aromatic rings. The van der Waals surface area contributed by atoms with E-state index in [0.717, 1.165) is 50.5 Å². The highest BCUT2D eigenvalue weighted by Crippen LogP contribution is 2.75. The van der Waals surface area contributed by atoms with Crippen LogP contribution in [0.15, 0.2) is 291 Å². The lowest BCUT2D eigenvalue weighted by Gasteiger charge is -2.68. The van der Waals surface area contributed by atoms with Crippen molar-refractivity contribution in [2.45, 2.75) is 48.5 Å². The molecule has 5 nitrogen and oxygen atoms in total. The zero-order valence-corrected chi connectivity index (χ0v) is 47.7. The van der Waals surface area contributed by atoms with E-state index in [0.29, 0.717) is 6.67 Å². The van der Waals surface area contributed by atoms with E-state index in [-0.39, 0.29) is 11.3 Å². The van der Waals surface area contributed by atoms with Crippen molar-refractivity contribution in [1.29, 1.82) is 0 Å². The molecule has 6 aliphatic carbocycles. The van der Waals surface area contributed by atoms with Gasteiger partial charge >= 0.3 is 0 Å². The van der Waals surface area contributed by atoms with Gasteiger partial charge in [0.05, 0.1) is 39.9 Å². The number of aromatic nitrogens is 2. The summed E-state index contributed by atoms with van der Waals surface area (Å²) in [6.45, 7) is 7.32. The summed E-state index contributed by atoms with van der Waals surface area (Å²) in [6, 6.07) is 107. The second-order valence-electron chi connectivity index (χ2n) is 24.5. The first-order chi connectivity index (χ1) is 41.8. The molecule has 0 amide bonds. The molecule has 0 unspecified atom stereocenters. The monoisotopic (exact) mass is 1090 g/mol. The van der Waals surface area contributed by atoms with Gasteiger partial charge in [-0.25, -0.2) is 4.98 Å². The standard InChI is InChI=1S/C80H60N4O/c1-77(2,3)57-46-47-81-75(49-57)84-71-45-42-54(53-24-7-4-8-25-53)48-64(71)61-44-43-60(51-74(61)84)85-59-31-23-30-58(50-59)82-52-83(73-41-22-21-40-72(73)82)80-65-34-15-13-32-62(65)76(63-33-14-16-35-66(63)80)78(55-26-9-5-10-27-55)67-36-17-19-38-69(67)79(80,56-28-11-6-12-29-56)70-39-20-18-37-68(70)78/h4-51,76H,52H2,1-3H3. The fourth-order valence-electron chi connectivity index (χ4n) is 16.2. The number of rotatable bonds is 8. The molecule has 5 heteroatoms. The molecule has 0 N–H and O–H groups in total. The molecule has 0 atom stereocenters. The van der Waals surface area contributed by atoms with E-state index in [9.17, 15) is 0 Å². The Morgan fingerprint density at radius 2 is 1.01 bits per heavy atom. The van der Waals surface area contributed by atoms with Crippen LogP contribution in [-0.4, -0.2) is 16.2 Å². The molecule has 85 heavy (non-hydrogen) atoms. The highest BCUT2D eigenvalue weighted by molar-refractivity contribution is 6.11. The number of pyridine rings is 1. The number of anilines is 3. The average Bonchev–Trinajstić information content (AvgIpc) is 1.05. The molecule has 0 saturated carbocycles. The van der Waals surface area contributed by atoms with Crippen LogP contribution >= 0.6 is 0 Å². The molecule has 0 saturated heterocycles. The number of hydrogen-bond acceptors (Lipinski definition) is 4. The molecule has 0 spiro atoms. The number of para-hydroxylation sites is 2. The van der Waals surface area contributed by atoms with Gasteiger partial charge in [-0.3, -0.25) is 4.57 Å². The first-order valence-corrected chi connectivity index (χ1v) is 29.8. The minimum absolute atomic E-state index is 0.0576. The van der Waals surface area contributed by atoms with Gasteiger partial charge in [0.15, 0.2) is 0 Å². The van der Waals surface area contributed by atoms with Crippen LogP contribution in [0.2, 0.25) is 0 Å². The Morgan fingerprint density at radius 1 is 0.435 bits per heavy atom. The highest BCUT2D eigenvalue weighted by Gasteiger charge is 2.72. The van der Waals surface area contributed by atoms with Gasteiger partial charge < -0.3 is 14.5 Å². The van der Waals surface area contributed by atoms with Crippen LogP contribution in [-0.2, 0) is 21.8 Å². The maximum absolute atomic E-state index is 7.11. The topological polar surface area (TPSA) is 33.5 Å². The van der Waals surface area contributed by atoms with E-state index in [2.05, 4.69) is 320 Å². The highest BCUT2D eigenvalue weighted by atomic mass is 16.5. The van der Waals surface area contributed by atoms with E-state index in [1.807, 2.05) is 6.20 Å². The summed E-state index contributed by atoms with van der Waals surface area (Å²) >= 11 is 0. The molecule has 406 valence electrons. The van der Waals surface area contributed by atoms with Crippen molar-refractivity contribution in [2.75, 3.05) is 16.5 Å². The lowest BCUT2D eigenvalue weighted by Crippen LogP contribution is -2.69. The van der Waals surface area contributed by atoms with E-state index in [1.165, 1.54) is 78.0 Å². The summed E-state index contributed by atoms with van der Waals surface area (Å²) in [5, 5.41) is 2.30. The number of ether oxygens (including phenoxy) is 1. The number of benzene rings is 11. The smallest absolute Gasteiger partial charge is 0.137 e. The molecule has 20 rings (SSSR count). The Balaban J connectivity index is 0.857. The van der Waals surface area contributed by atoms with Crippen LogP contribution in [0, 0.1) is 0 Å². The summed E-state index contributed by atoms with van der Waals surface area (Å²) in [5.74, 6) is 2.31. The predicted octanol–water partition coefficient (Wildman–Crippen LogP) is 18.9. The van der Waals surface area contributed by atoms with Gasteiger partial charge in [-0.15, -0.1) is 0 Å². The Morgan fingerprint density at radius 3 is 1.68 bits per heavy atom. The van der Waals surface area contributed by atoms with Crippen LogP contribution in [0.3, 0.4) is 0 Å². The number of fused-ring (bicyclic) bond motifs is 4. The summed E-state index contributed by atoms with van der Waals surface area (Å²) in [6.07, 6.45) is 1.94.